The summed E-state index contributed by atoms with van der Waals surface area (Å²) in [5.41, 5.74) is 8.08. The van der Waals surface area contributed by atoms with Crippen molar-refractivity contribution in [2.45, 2.75) is 52.0 Å². The Labute approximate surface area is 111 Å². The van der Waals surface area contributed by atoms with Crippen LogP contribution in [0.15, 0.2) is 24.3 Å². The first-order chi connectivity index (χ1) is 8.45. The lowest BCUT2D eigenvalue weighted by molar-refractivity contribution is 0.151. The predicted molar refractivity (Wildman–Crippen MR) is 75.7 cm³/mol. The van der Waals surface area contributed by atoms with Crippen LogP contribution in [0.2, 0.25) is 0 Å². The van der Waals surface area contributed by atoms with Crippen molar-refractivity contribution >= 4 is 0 Å². The highest BCUT2D eigenvalue weighted by Gasteiger charge is 2.38. The number of benzene rings is 1. The van der Waals surface area contributed by atoms with E-state index >= 15 is 0 Å². The van der Waals surface area contributed by atoms with Crippen molar-refractivity contribution < 1.29 is 4.74 Å². The summed E-state index contributed by atoms with van der Waals surface area (Å²) in [6, 6.07) is 8.34. The lowest BCUT2D eigenvalue weighted by Gasteiger charge is -2.43. The largest absolute Gasteiger partial charge is 0.494 e. The van der Waals surface area contributed by atoms with E-state index in [0.29, 0.717) is 12.0 Å². The van der Waals surface area contributed by atoms with Gasteiger partial charge in [0.05, 0.1) is 6.61 Å². The topological polar surface area (TPSA) is 35.2 Å². The maximum absolute atomic E-state index is 6.64. The number of rotatable bonds is 3. The highest BCUT2D eigenvalue weighted by atomic mass is 16.5. The van der Waals surface area contributed by atoms with Crippen molar-refractivity contribution in [3.05, 3.63) is 29.8 Å². The molecule has 1 saturated carbocycles. The van der Waals surface area contributed by atoms with Gasteiger partial charge in [0.25, 0.3) is 0 Å². The smallest absolute Gasteiger partial charge is 0.119 e. The summed E-state index contributed by atoms with van der Waals surface area (Å²) in [4.78, 5) is 0. The van der Waals surface area contributed by atoms with Gasteiger partial charge in [-0.1, -0.05) is 32.4 Å². The normalized spacial score (nSPS) is 26.9. The van der Waals surface area contributed by atoms with Crippen LogP contribution >= 0.6 is 0 Å². The minimum Gasteiger partial charge on any atom is -0.494 e. The molecule has 1 aliphatic rings. The monoisotopic (exact) mass is 247 g/mol. The average Bonchev–Trinajstić information content (AvgIpc) is 2.28. The molecule has 0 radical (unpaired) electrons. The molecule has 1 fully saturated rings. The Morgan fingerprint density at radius 3 is 2.39 bits per heavy atom. The second-order valence-corrected chi connectivity index (χ2v) is 6.31. The highest BCUT2D eigenvalue weighted by Crippen LogP contribution is 2.44. The Hall–Kier alpha value is -1.02. The van der Waals surface area contributed by atoms with E-state index in [9.17, 15) is 0 Å². The maximum Gasteiger partial charge on any atom is 0.119 e. The fraction of sp³-hybridized carbons (Fsp3) is 0.625. The maximum atomic E-state index is 6.64. The van der Waals surface area contributed by atoms with Crippen LogP contribution in [0, 0.1) is 5.41 Å². The first-order valence-corrected chi connectivity index (χ1v) is 6.97. The van der Waals surface area contributed by atoms with E-state index in [-0.39, 0.29) is 5.54 Å². The van der Waals surface area contributed by atoms with Crippen LogP contribution in [0.3, 0.4) is 0 Å². The molecular formula is C16H25NO. The van der Waals surface area contributed by atoms with Crippen LogP contribution in [0.4, 0.5) is 0 Å². The molecule has 0 bridgehead atoms. The van der Waals surface area contributed by atoms with Crippen LogP contribution in [0.1, 0.15) is 52.0 Å². The molecule has 0 aliphatic heterocycles. The SMILES string of the molecule is CCOc1ccc(C2(N)CCCC(C)(C)C2)cc1. The van der Waals surface area contributed by atoms with Crippen molar-refractivity contribution in [3.63, 3.8) is 0 Å². The van der Waals surface area contributed by atoms with Crippen molar-refractivity contribution in [1.82, 2.24) is 0 Å². The third kappa shape index (κ3) is 2.86. The van der Waals surface area contributed by atoms with Gasteiger partial charge in [-0.3, -0.25) is 0 Å². The molecule has 18 heavy (non-hydrogen) atoms. The molecule has 2 N–H and O–H groups in total. The lowest BCUT2D eigenvalue weighted by Crippen LogP contribution is -2.44. The van der Waals surface area contributed by atoms with Gasteiger partial charge in [0.2, 0.25) is 0 Å². The first-order valence-electron chi connectivity index (χ1n) is 6.97. The van der Waals surface area contributed by atoms with E-state index in [4.69, 9.17) is 10.5 Å². The van der Waals surface area contributed by atoms with Crippen molar-refractivity contribution in [1.29, 1.82) is 0 Å². The molecule has 1 atom stereocenters. The number of ether oxygens (including phenoxy) is 1. The molecule has 0 heterocycles. The standard InChI is InChI=1S/C16H25NO/c1-4-18-14-8-6-13(7-9-14)16(17)11-5-10-15(2,3)12-16/h6-9H,4-5,10-12,17H2,1-3H3. The van der Waals surface area contributed by atoms with Gasteiger partial charge in [-0.2, -0.15) is 0 Å². The van der Waals surface area contributed by atoms with Crippen molar-refractivity contribution in [2.24, 2.45) is 11.1 Å². The summed E-state index contributed by atoms with van der Waals surface area (Å²) in [7, 11) is 0. The zero-order chi connectivity index (χ0) is 13.2. The fourth-order valence-corrected chi connectivity index (χ4v) is 3.21. The molecule has 0 saturated heterocycles. The summed E-state index contributed by atoms with van der Waals surface area (Å²) in [6.45, 7) is 7.35. The van der Waals surface area contributed by atoms with Gasteiger partial charge in [0, 0.05) is 5.54 Å². The number of hydrogen-bond acceptors (Lipinski definition) is 2. The summed E-state index contributed by atoms with van der Waals surface area (Å²) in [5.74, 6) is 0.930. The highest BCUT2D eigenvalue weighted by molar-refractivity contribution is 5.32. The van der Waals surface area contributed by atoms with Gasteiger partial charge in [-0.25, -0.2) is 0 Å². The minimum absolute atomic E-state index is 0.160. The first kappa shape index (κ1) is 13.4. The fourth-order valence-electron chi connectivity index (χ4n) is 3.21. The Morgan fingerprint density at radius 1 is 1.17 bits per heavy atom. The van der Waals surface area contributed by atoms with Crippen LogP contribution in [0.5, 0.6) is 5.75 Å². The molecule has 1 unspecified atom stereocenters. The second-order valence-electron chi connectivity index (χ2n) is 6.31. The van der Waals surface area contributed by atoms with Crippen molar-refractivity contribution in [3.8, 4) is 5.75 Å². The Balaban J connectivity index is 2.19. The second kappa shape index (κ2) is 4.93. The molecular weight excluding hydrogens is 222 g/mol. The summed E-state index contributed by atoms with van der Waals surface area (Å²) >= 11 is 0. The molecule has 0 spiro atoms. The summed E-state index contributed by atoms with van der Waals surface area (Å²) in [6.07, 6.45) is 4.65. The van der Waals surface area contributed by atoms with Gasteiger partial charge in [-0.15, -0.1) is 0 Å². The van der Waals surface area contributed by atoms with E-state index in [1.54, 1.807) is 0 Å². The Kier molecular flexibility index (Phi) is 3.67. The van der Waals surface area contributed by atoms with Gasteiger partial charge >= 0.3 is 0 Å². The van der Waals surface area contributed by atoms with Gasteiger partial charge in [0.1, 0.15) is 5.75 Å². The van der Waals surface area contributed by atoms with E-state index in [2.05, 4.69) is 26.0 Å². The average molecular weight is 247 g/mol. The van der Waals surface area contributed by atoms with Crippen molar-refractivity contribution in [2.75, 3.05) is 6.61 Å². The van der Waals surface area contributed by atoms with Crippen LogP contribution in [-0.2, 0) is 5.54 Å². The molecule has 1 aromatic rings. The lowest BCUT2D eigenvalue weighted by atomic mass is 9.66. The van der Waals surface area contributed by atoms with E-state index < -0.39 is 0 Å². The molecule has 0 aromatic heterocycles. The predicted octanol–water partition coefficient (Wildman–Crippen LogP) is 3.84. The minimum atomic E-state index is -0.160. The zero-order valence-corrected chi connectivity index (χ0v) is 11.8. The Morgan fingerprint density at radius 2 is 1.83 bits per heavy atom. The van der Waals surface area contributed by atoms with Crippen LogP contribution in [0.25, 0.3) is 0 Å². The quantitative estimate of drug-likeness (QED) is 0.880. The molecule has 2 nitrogen and oxygen atoms in total. The number of nitrogens with two attached hydrogens (primary N) is 1. The third-order valence-electron chi connectivity index (χ3n) is 4.01. The molecule has 1 aliphatic carbocycles. The van der Waals surface area contributed by atoms with Crippen LogP contribution in [-0.4, -0.2) is 6.61 Å². The van der Waals surface area contributed by atoms with E-state index in [1.165, 1.54) is 18.4 Å². The molecule has 0 amide bonds. The van der Waals surface area contributed by atoms with Crippen LogP contribution < -0.4 is 10.5 Å². The molecule has 2 rings (SSSR count). The molecule has 100 valence electrons. The van der Waals surface area contributed by atoms with E-state index in [1.807, 2.05) is 19.1 Å². The number of hydrogen-bond donors (Lipinski definition) is 1. The van der Waals surface area contributed by atoms with Gasteiger partial charge in [0.15, 0.2) is 0 Å². The zero-order valence-electron chi connectivity index (χ0n) is 11.8. The van der Waals surface area contributed by atoms with E-state index in [0.717, 1.165) is 18.6 Å². The molecule has 2 heteroatoms. The van der Waals surface area contributed by atoms with Gasteiger partial charge in [-0.05, 0) is 49.3 Å². The summed E-state index contributed by atoms with van der Waals surface area (Å²) in [5, 5.41) is 0. The molecule has 1 aromatic carbocycles. The third-order valence-corrected chi connectivity index (χ3v) is 4.01. The van der Waals surface area contributed by atoms with Gasteiger partial charge < -0.3 is 10.5 Å². The Bertz CT molecular complexity index is 396. The summed E-state index contributed by atoms with van der Waals surface area (Å²) < 4.78 is 5.48.